The quantitative estimate of drug-likeness (QED) is 0.620. The van der Waals surface area contributed by atoms with Gasteiger partial charge >= 0.3 is 0 Å². The molecule has 1 aromatic heterocycles. The minimum Gasteiger partial charge on any atom is -0.305 e. The van der Waals surface area contributed by atoms with Gasteiger partial charge in [0.05, 0.1) is 0 Å². The largest absolute Gasteiger partial charge is 0.305 e. The van der Waals surface area contributed by atoms with Gasteiger partial charge in [-0.2, -0.15) is 0 Å². The summed E-state index contributed by atoms with van der Waals surface area (Å²) in [6.45, 7) is 2.47. The highest BCUT2D eigenvalue weighted by atomic mass is 32.2. The zero-order valence-corrected chi connectivity index (χ0v) is 14.0. The molecule has 0 unspecified atom stereocenters. The van der Waals surface area contributed by atoms with E-state index in [2.05, 4.69) is 10.2 Å². The van der Waals surface area contributed by atoms with Gasteiger partial charge in [-0.15, -0.1) is 10.2 Å². The molecule has 0 bridgehead atoms. The minimum atomic E-state index is -0.0751. The van der Waals surface area contributed by atoms with Crippen LogP contribution in [-0.2, 0) is 16.6 Å². The molecule has 0 atom stereocenters. The van der Waals surface area contributed by atoms with E-state index in [1.54, 1.807) is 0 Å². The average molecular weight is 330 g/mol. The molecule has 1 aliphatic rings. The Morgan fingerprint density at radius 3 is 2.39 bits per heavy atom. The molecule has 1 saturated heterocycles. The van der Waals surface area contributed by atoms with Crippen molar-refractivity contribution in [2.75, 3.05) is 12.3 Å². The van der Waals surface area contributed by atoms with Gasteiger partial charge in [-0.3, -0.25) is 14.5 Å². The van der Waals surface area contributed by atoms with Crippen LogP contribution in [0.4, 0.5) is 0 Å². The maximum Gasteiger partial charge on any atom is 0.229 e. The summed E-state index contributed by atoms with van der Waals surface area (Å²) in [5, 5.41) is 9.22. The van der Waals surface area contributed by atoms with E-state index in [0.717, 1.165) is 16.5 Å². The Kier molecular flexibility index (Phi) is 4.47. The zero-order chi connectivity index (χ0) is 16.4. The van der Waals surface area contributed by atoms with Crippen molar-refractivity contribution in [3.63, 3.8) is 0 Å². The van der Waals surface area contributed by atoms with Gasteiger partial charge < -0.3 is 4.57 Å². The Hall–Kier alpha value is -2.15. The van der Waals surface area contributed by atoms with Gasteiger partial charge in [0.25, 0.3) is 0 Å². The van der Waals surface area contributed by atoms with E-state index in [9.17, 15) is 9.59 Å². The Bertz CT molecular complexity index is 723. The van der Waals surface area contributed by atoms with E-state index in [-0.39, 0.29) is 11.8 Å². The molecule has 1 aliphatic heterocycles. The number of carbonyl (C=O) groups excluding carboxylic acids is 2. The zero-order valence-electron chi connectivity index (χ0n) is 13.2. The summed E-state index contributed by atoms with van der Waals surface area (Å²) in [5.74, 6) is 1.28. The Morgan fingerprint density at radius 1 is 1.09 bits per heavy atom. The molecule has 1 fully saturated rings. The van der Waals surface area contributed by atoms with Crippen LogP contribution in [0.3, 0.4) is 0 Å². The molecule has 2 heterocycles. The van der Waals surface area contributed by atoms with E-state index >= 15 is 0 Å². The van der Waals surface area contributed by atoms with Crippen LogP contribution in [0.1, 0.15) is 18.4 Å². The second kappa shape index (κ2) is 6.54. The topological polar surface area (TPSA) is 68.1 Å². The first-order valence-electron chi connectivity index (χ1n) is 7.48. The first-order valence-corrected chi connectivity index (χ1v) is 8.47. The summed E-state index contributed by atoms with van der Waals surface area (Å²) in [6, 6.07) is 8.13. The molecule has 0 aliphatic carbocycles. The van der Waals surface area contributed by atoms with Crippen molar-refractivity contribution in [1.29, 1.82) is 0 Å². The van der Waals surface area contributed by atoms with Crippen molar-refractivity contribution in [2.45, 2.75) is 24.9 Å². The van der Waals surface area contributed by atoms with Crippen LogP contribution in [0, 0.1) is 6.92 Å². The van der Waals surface area contributed by atoms with Crippen molar-refractivity contribution in [3.05, 3.63) is 29.8 Å². The van der Waals surface area contributed by atoms with Crippen molar-refractivity contribution >= 4 is 23.6 Å². The van der Waals surface area contributed by atoms with Crippen LogP contribution in [-0.4, -0.2) is 43.8 Å². The van der Waals surface area contributed by atoms with Crippen LogP contribution >= 0.6 is 11.8 Å². The van der Waals surface area contributed by atoms with Crippen LogP contribution in [0.5, 0.6) is 0 Å². The lowest BCUT2D eigenvalue weighted by Crippen LogP contribution is -2.31. The number of carbonyl (C=O) groups is 2. The van der Waals surface area contributed by atoms with Crippen LogP contribution in [0.2, 0.25) is 0 Å². The van der Waals surface area contributed by atoms with Crippen molar-refractivity contribution in [3.8, 4) is 11.4 Å². The third-order valence-electron chi connectivity index (χ3n) is 3.85. The molecule has 2 aromatic rings. The molecule has 2 amide bonds. The molecular weight excluding hydrogens is 312 g/mol. The minimum absolute atomic E-state index is 0.0751. The number of hydrogen-bond donors (Lipinski definition) is 0. The molecular formula is C16H18N4O2S. The molecule has 6 nitrogen and oxygen atoms in total. The Morgan fingerprint density at radius 2 is 1.74 bits per heavy atom. The van der Waals surface area contributed by atoms with Crippen molar-refractivity contribution in [1.82, 2.24) is 19.7 Å². The third-order valence-corrected chi connectivity index (χ3v) is 4.85. The number of likely N-dealkylation sites (tertiary alicyclic amines) is 1. The fourth-order valence-corrected chi connectivity index (χ4v) is 3.33. The van der Waals surface area contributed by atoms with Gasteiger partial charge in [0.2, 0.25) is 11.8 Å². The number of nitrogens with zero attached hydrogens (tertiary/aromatic N) is 4. The summed E-state index contributed by atoms with van der Waals surface area (Å²) < 4.78 is 1.93. The number of rotatable bonds is 5. The van der Waals surface area contributed by atoms with Gasteiger partial charge in [0, 0.05) is 37.8 Å². The lowest BCUT2D eigenvalue weighted by Gasteiger charge is -2.12. The normalized spacial score (nSPS) is 14.8. The van der Waals surface area contributed by atoms with E-state index in [1.165, 1.54) is 22.2 Å². The lowest BCUT2D eigenvalue weighted by atomic mass is 10.1. The lowest BCUT2D eigenvalue weighted by molar-refractivity contribution is -0.137. The molecule has 1 aromatic carbocycles. The van der Waals surface area contributed by atoms with Crippen LogP contribution < -0.4 is 0 Å². The van der Waals surface area contributed by atoms with E-state index in [4.69, 9.17) is 0 Å². The van der Waals surface area contributed by atoms with E-state index < -0.39 is 0 Å². The number of benzene rings is 1. The summed E-state index contributed by atoms with van der Waals surface area (Å²) >= 11 is 1.50. The molecule has 23 heavy (non-hydrogen) atoms. The van der Waals surface area contributed by atoms with E-state index in [0.29, 0.717) is 25.1 Å². The van der Waals surface area contributed by atoms with Gasteiger partial charge in [-0.05, 0) is 6.92 Å². The average Bonchev–Trinajstić information content (AvgIpc) is 3.05. The number of hydrogen-bond acceptors (Lipinski definition) is 5. The number of imide groups is 1. The fraction of sp³-hybridized carbons (Fsp3) is 0.375. The second-order valence-electron chi connectivity index (χ2n) is 5.52. The first-order chi connectivity index (χ1) is 11.1. The monoisotopic (exact) mass is 330 g/mol. The second-order valence-corrected chi connectivity index (χ2v) is 6.58. The predicted octanol–water partition coefficient (Wildman–Crippen LogP) is 2.03. The summed E-state index contributed by atoms with van der Waals surface area (Å²) in [6.07, 6.45) is 0.677. The SMILES string of the molecule is Cc1ccc(-c2nnc(SCCN3C(=O)CCC3=O)n2C)cc1. The maximum absolute atomic E-state index is 11.6. The molecule has 0 spiro atoms. The van der Waals surface area contributed by atoms with Gasteiger partial charge in [-0.1, -0.05) is 41.6 Å². The number of aryl methyl sites for hydroxylation is 1. The van der Waals surface area contributed by atoms with E-state index in [1.807, 2.05) is 42.8 Å². The summed E-state index contributed by atoms with van der Waals surface area (Å²) in [4.78, 5) is 24.5. The van der Waals surface area contributed by atoms with Crippen molar-refractivity contribution < 1.29 is 9.59 Å². The maximum atomic E-state index is 11.6. The predicted molar refractivity (Wildman–Crippen MR) is 87.9 cm³/mol. The molecule has 0 N–H and O–H groups in total. The standard InChI is InChI=1S/C16H18N4O2S/c1-11-3-5-12(6-4-11)15-17-18-16(19(15)2)23-10-9-20-13(21)7-8-14(20)22/h3-6H,7-10H2,1-2H3. The number of thioether (sulfide) groups is 1. The number of aromatic nitrogens is 3. The molecule has 0 saturated carbocycles. The highest BCUT2D eigenvalue weighted by Gasteiger charge is 2.28. The first kappa shape index (κ1) is 15.7. The highest BCUT2D eigenvalue weighted by molar-refractivity contribution is 7.99. The third kappa shape index (κ3) is 3.29. The van der Waals surface area contributed by atoms with Crippen molar-refractivity contribution in [2.24, 2.45) is 7.05 Å². The van der Waals surface area contributed by atoms with Crippen LogP contribution in [0.25, 0.3) is 11.4 Å². The fourth-order valence-electron chi connectivity index (χ4n) is 2.50. The highest BCUT2D eigenvalue weighted by Crippen LogP contribution is 2.23. The molecule has 120 valence electrons. The van der Waals surface area contributed by atoms with Crippen LogP contribution in [0.15, 0.2) is 29.4 Å². The molecule has 3 rings (SSSR count). The Labute approximate surface area is 138 Å². The summed E-state index contributed by atoms with van der Waals surface area (Å²) in [5.41, 5.74) is 2.22. The smallest absolute Gasteiger partial charge is 0.229 e. The van der Waals surface area contributed by atoms with Gasteiger partial charge in [-0.25, -0.2) is 0 Å². The molecule has 7 heteroatoms. The Balaban J connectivity index is 1.64. The number of amides is 2. The summed E-state index contributed by atoms with van der Waals surface area (Å²) in [7, 11) is 1.92. The van der Waals surface area contributed by atoms with Gasteiger partial charge in [0.15, 0.2) is 11.0 Å². The molecule has 0 radical (unpaired) electrons. The van der Waals surface area contributed by atoms with Gasteiger partial charge in [0.1, 0.15) is 0 Å².